The maximum atomic E-state index is 12.5. The summed E-state index contributed by atoms with van der Waals surface area (Å²) in [7, 11) is 0. The lowest BCUT2D eigenvalue weighted by atomic mass is 9.77. The van der Waals surface area contributed by atoms with Crippen molar-refractivity contribution >= 4 is 22.5 Å². The smallest absolute Gasteiger partial charge is 0.242 e. The topological polar surface area (TPSA) is 69.8 Å². The van der Waals surface area contributed by atoms with E-state index in [-0.39, 0.29) is 17.4 Å². The number of nitrogens with one attached hydrogen (secondary N) is 3. The molecule has 0 spiro atoms. The second kappa shape index (κ2) is 4.90. The fraction of sp³-hybridized carbons (Fsp3) is 0.467. The zero-order valence-electron chi connectivity index (χ0n) is 11.9. The van der Waals surface area contributed by atoms with Gasteiger partial charge in [0.05, 0.1) is 17.8 Å². The van der Waals surface area contributed by atoms with Crippen LogP contribution >= 0.6 is 0 Å². The van der Waals surface area contributed by atoms with Crippen LogP contribution in [0.25, 0.3) is 10.9 Å². The molecule has 1 aromatic carbocycles. The molecule has 3 rings (SSSR count). The van der Waals surface area contributed by atoms with Crippen LogP contribution in [0, 0.1) is 5.41 Å². The third-order valence-corrected chi connectivity index (χ3v) is 4.10. The van der Waals surface area contributed by atoms with E-state index in [2.05, 4.69) is 34.7 Å². The Balaban J connectivity index is 1.77. The summed E-state index contributed by atoms with van der Waals surface area (Å²) in [5, 5.41) is 14.2. The molecule has 0 bridgehead atoms. The third-order valence-electron chi connectivity index (χ3n) is 4.10. The lowest BCUT2D eigenvalue weighted by Gasteiger charge is -2.38. The van der Waals surface area contributed by atoms with Gasteiger partial charge in [0.25, 0.3) is 0 Å². The molecule has 1 aliphatic heterocycles. The number of rotatable bonds is 2. The summed E-state index contributed by atoms with van der Waals surface area (Å²) >= 11 is 0. The SMILES string of the molecule is CC1(C)CCCNC1C(=O)Nc1ccc2[nH]ncc2c1. The molecule has 1 fully saturated rings. The Kier molecular flexibility index (Phi) is 3.22. The highest BCUT2D eigenvalue weighted by Crippen LogP contribution is 2.30. The van der Waals surface area contributed by atoms with Crippen LogP contribution in [0.3, 0.4) is 0 Å². The second-order valence-electron chi connectivity index (χ2n) is 6.14. The van der Waals surface area contributed by atoms with E-state index in [1.165, 1.54) is 0 Å². The number of carbonyl (C=O) groups excluding carboxylic acids is 1. The highest BCUT2D eigenvalue weighted by Gasteiger charge is 2.37. The third kappa shape index (κ3) is 2.41. The summed E-state index contributed by atoms with van der Waals surface area (Å²) in [5.41, 5.74) is 1.77. The van der Waals surface area contributed by atoms with Gasteiger partial charge in [-0.3, -0.25) is 9.89 Å². The number of aromatic amines is 1. The van der Waals surface area contributed by atoms with Crippen LogP contribution in [0.1, 0.15) is 26.7 Å². The number of H-pyrrole nitrogens is 1. The zero-order valence-corrected chi connectivity index (χ0v) is 11.9. The average molecular weight is 272 g/mol. The molecule has 1 saturated heterocycles. The summed E-state index contributed by atoms with van der Waals surface area (Å²) in [5.74, 6) is 0.0394. The van der Waals surface area contributed by atoms with Gasteiger partial charge in [0.15, 0.2) is 0 Å². The minimum atomic E-state index is -0.142. The zero-order chi connectivity index (χ0) is 14.2. The van der Waals surface area contributed by atoms with Crippen LogP contribution in [0.2, 0.25) is 0 Å². The first kappa shape index (κ1) is 13.1. The molecule has 5 heteroatoms. The first-order valence-corrected chi connectivity index (χ1v) is 7.04. The van der Waals surface area contributed by atoms with Crippen molar-refractivity contribution < 1.29 is 4.79 Å². The molecule has 20 heavy (non-hydrogen) atoms. The van der Waals surface area contributed by atoms with E-state index in [0.717, 1.165) is 36.0 Å². The lowest BCUT2D eigenvalue weighted by molar-refractivity contribution is -0.121. The predicted molar refractivity (Wildman–Crippen MR) is 79.5 cm³/mol. The molecule has 1 amide bonds. The van der Waals surface area contributed by atoms with Crippen molar-refractivity contribution in [2.45, 2.75) is 32.7 Å². The van der Waals surface area contributed by atoms with Crippen LogP contribution in [0.4, 0.5) is 5.69 Å². The molecular weight excluding hydrogens is 252 g/mol. The minimum absolute atomic E-state index is 0.0118. The molecular formula is C15H20N4O. The van der Waals surface area contributed by atoms with Gasteiger partial charge in [0.2, 0.25) is 5.91 Å². The van der Waals surface area contributed by atoms with E-state index in [9.17, 15) is 4.79 Å². The number of fused-ring (bicyclic) bond motifs is 1. The Morgan fingerprint density at radius 1 is 1.45 bits per heavy atom. The monoisotopic (exact) mass is 272 g/mol. The number of hydrogen-bond donors (Lipinski definition) is 3. The van der Waals surface area contributed by atoms with Gasteiger partial charge in [-0.2, -0.15) is 5.10 Å². The average Bonchev–Trinajstić information content (AvgIpc) is 2.85. The summed E-state index contributed by atoms with van der Waals surface area (Å²) in [6.07, 6.45) is 3.95. The van der Waals surface area contributed by atoms with Gasteiger partial charge >= 0.3 is 0 Å². The molecule has 0 aliphatic carbocycles. The van der Waals surface area contributed by atoms with Crippen molar-refractivity contribution in [2.75, 3.05) is 11.9 Å². The maximum absolute atomic E-state index is 12.5. The molecule has 1 aromatic heterocycles. The fourth-order valence-corrected chi connectivity index (χ4v) is 2.89. The van der Waals surface area contributed by atoms with Gasteiger partial charge in [0.1, 0.15) is 0 Å². The van der Waals surface area contributed by atoms with Crippen LogP contribution in [-0.4, -0.2) is 28.7 Å². The first-order chi connectivity index (χ1) is 9.56. The van der Waals surface area contributed by atoms with Crippen molar-refractivity contribution in [3.8, 4) is 0 Å². The normalized spacial score (nSPS) is 21.8. The van der Waals surface area contributed by atoms with Gasteiger partial charge in [-0.15, -0.1) is 0 Å². The molecule has 3 N–H and O–H groups in total. The highest BCUT2D eigenvalue weighted by atomic mass is 16.2. The summed E-state index contributed by atoms with van der Waals surface area (Å²) in [4.78, 5) is 12.5. The molecule has 0 saturated carbocycles. The number of anilines is 1. The van der Waals surface area contributed by atoms with E-state index in [1.807, 2.05) is 18.2 Å². The first-order valence-electron chi connectivity index (χ1n) is 7.04. The fourth-order valence-electron chi connectivity index (χ4n) is 2.89. The number of amides is 1. The van der Waals surface area contributed by atoms with E-state index < -0.39 is 0 Å². The molecule has 2 aromatic rings. The number of aromatic nitrogens is 2. The van der Waals surface area contributed by atoms with Crippen LogP contribution in [0.5, 0.6) is 0 Å². The van der Waals surface area contributed by atoms with Crippen LogP contribution in [0.15, 0.2) is 24.4 Å². The Labute approximate surface area is 118 Å². The largest absolute Gasteiger partial charge is 0.325 e. The quantitative estimate of drug-likeness (QED) is 0.785. The van der Waals surface area contributed by atoms with Gasteiger partial charge in [-0.1, -0.05) is 13.8 Å². The van der Waals surface area contributed by atoms with E-state index in [0.29, 0.717) is 0 Å². The standard InChI is InChI=1S/C15H20N4O/c1-15(2)6-3-7-16-13(15)14(20)18-11-4-5-12-10(8-11)9-17-19-12/h4-5,8-9,13,16H,3,6-7H2,1-2H3,(H,17,19)(H,18,20). The van der Waals surface area contributed by atoms with Crippen molar-refractivity contribution in [3.63, 3.8) is 0 Å². The number of piperidine rings is 1. The molecule has 1 aliphatic rings. The summed E-state index contributed by atoms with van der Waals surface area (Å²) in [6.45, 7) is 5.19. The number of benzene rings is 1. The van der Waals surface area contributed by atoms with E-state index >= 15 is 0 Å². The molecule has 0 radical (unpaired) electrons. The van der Waals surface area contributed by atoms with Crippen LogP contribution in [-0.2, 0) is 4.79 Å². The van der Waals surface area contributed by atoms with Crippen molar-refractivity contribution in [2.24, 2.45) is 5.41 Å². The van der Waals surface area contributed by atoms with E-state index in [4.69, 9.17) is 0 Å². The Hall–Kier alpha value is -1.88. The second-order valence-corrected chi connectivity index (χ2v) is 6.14. The molecule has 5 nitrogen and oxygen atoms in total. The molecule has 106 valence electrons. The van der Waals surface area contributed by atoms with Crippen molar-refractivity contribution in [1.29, 1.82) is 0 Å². The number of carbonyl (C=O) groups is 1. The van der Waals surface area contributed by atoms with E-state index in [1.54, 1.807) is 6.20 Å². The highest BCUT2D eigenvalue weighted by molar-refractivity contribution is 5.97. The number of hydrogen-bond acceptors (Lipinski definition) is 3. The van der Waals surface area contributed by atoms with Crippen LogP contribution < -0.4 is 10.6 Å². The predicted octanol–water partition coefficient (Wildman–Crippen LogP) is 2.28. The summed E-state index contributed by atoms with van der Waals surface area (Å²) in [6, 6.07) is 5.62. The van der Waals surface area contributed by atoms with Gasteiger partial charge in [0, 0.05) is 11.1 Å². The molecule has 1 atom stereocenters. The van der Waals surface area contributed by atoms with Gasteiger partial charge in [-0.05, 0) is 43.0 Å². The van der Waals surface area contributed by atoms with Gasteiger partial charge < -0.3 is 10.6 Å². The maximum Gasteiger partial charge on any atom is 0.242 e. The molecule has 2 heterocycles. The van der Waals surface area contributed by atoms with Crippen molar-refractivity contribution in [3.05, 3.63) is 24.4 Å². The number of nitrogens with zero attached hydrogens (tertiary/aromatic N) is 1. The Bertz CT molecular complexity index is 632. The summed E-state index contributed by atoms with van der Waals surface area (Å²) < 4.78 is 0. The minimum Gasteiger partial charge on any atom is -0.325 e. The van der Waals surface area contributed by atoms with Gasteiger partial charge in [-0.25, -0.2) is 0 Å². The Morgan fingerprint density at radius 3 is 3.10 bits per heavy atom. The molecule has 1 unspecified atom stereocenters. The Morgan fingerprint density at radius 2 is 2.30 bits per heavy atom. The lowest BCUT2D eigenvalue weighted by Crippen LogP contribution is -2.53. The van der Waals surface area contributed by atoms with Crippen molar-refractivity contribution in [1.82, 2.24) is 15.5 Å².